The van der Waals surface area contributed by atoms with E-state index in [9.17, 15) is 18.0 Å². The number of nitrogens with zero attached hydrogens (tertiary/aromatic N) is 1. The van der Waals surface area contributed by atoms with Crippen molar-refractivity contribution in [2.45, 2.75) is 44.2 Å². The van der Waals surface area contributed by atoms with Crippen LogP contribution in [0.25, 0.3) is 10.9 Å². The summed E-state index contributed by atoms with van der Waals surface area (Å²) in [6.45, 7) is 0.459. The summed E-state index contributed by atoms with van der Waals surface area (Å²) in [5.41, 5.74) is 2.35. The number of hydrogen-bond donors (Lipinski definition) is 3. The standard InChI is InChI=1S/C25H27ClN4O4S.H2S/c26-20-15-27-23-14-17(8-11-19(20)23)25(32)29-22-5-2-1-4-21(22)28-24(31)16-6-9-18(10-7-16)30-12-3-13-35(30,33)34;/h6-11,14-15,21-22,27H,1-5,12-13H2,(H,28,31)(H,29,32);1H2/t21?,22-;/m1./s1. The summed E-state index contributed by atoms with van der Waals surface area (Å²) in [5, 5.41) is 7.64. The van der Waals surface area contributed by atoms with Gasteiger partial charge in [0.2, 0.25) is 10.0 Å². The molecule has 0 bridgehead atoms. The fourth-order valence-electron chi connectivity index (χ4n) is 4.92. The highest BCUT2D eigenvalue weighted by Gasteiger charge is 2.30. The first kappa shape index (κ1) is 26.4. The fraction of sp³-hybridized carbons (Fsp3) is 0.360. The van der Waals surface area contributed by atoms with Crippen LogP contribution < -0.4 is 14.9 Å². The lowest BCUT2D eigenvalue weighted by atomic mass is 9.89. The van der Waals surface area contributed by atoms with Gasteiger partial charge in [-0.3, -0.25) is 13.9 Å². The van der Waals surface area contributed by atoms with E-state index in [1.807, 2.05) is 6.07 Å². The quantitative estimate of drug-likeness (QED) is 0.448. The summed E-state index contributed by atoms with van der Waals surface area (Å²) in [5.74, 6) is -0.286. The van der Waals surface area contributed by atoms with E-state index in [1.165, 1.54) is 4.31 Å². The molecule has 36 heavy (non-hydrogen) atoms. The number of H-pyrrole nitrogens is 1. The van der Waals surface area contributed by atoms with Gasteiger partial charge < -0.3 is 15.6 Å². The summed E-state index contributed by atoms with van der Waals surface area (Å²) >= 11 is 6.13. The van der Waals surface area contributed by atoms with Gasteiger partial charge in [-0.25, -0.2) is 8.42 Å². The van der Waals surface area contributed by atoms with E-state index in [0.717, 1.165) is 36.6 Å². The second kappa shape index (κ2) is 10.7. The Morgan fingerprint density at radius 3 is 2.14 bits per heavy atom. The Hall–Kier alpha value is -2.69. The van der Waals surface area contributed by atoms with Crippen LogP contribution in [-0.2, 0) is 10.0 Å². The predicted molar refractivity (Wildman–Crippen MR) is 147 cm³/mol. The van der Waals surface area contributed by atoms with Crippen LogP contribution in [0.3, 0.4) is 0 Å². The summed E-state index contributed by atoms with van der Waals surface area (Å²) in [6, 6.07) is 11.6. The van der Waals surface area contributed by atoms with Crippen molar-refractivity contribution in [3.05, 3.63) is 64.8 Å². The Morgan fingerprint density at radius 2 is 1.53 bits per heavy atom. The predicted octanol–water partition coefficient (Wildman–Crippen LogP) is 3.95. The van der Waals surface area contributed by atoms with Crippen LogP contribution in [0.5, 0.6) is 0 Å². The minimum atomic E-state index is -3.26. The van der Waals surface area contributed by atoms with Crippen molar-refractivity contribution in [2.75, 3.05) is 16.6 Å². The molecular weight excluding hydrogens is 520 g/mol. The number of rotatable bonds is 5. The number of amides is 2. The Kier molecular flexibility index (Phi) is 7.87. The van der Waals surface area contributed by atoms with Crippen molar-refractivity contribution < 1.29 is 18.0 Å². The van der Waals surface area contributed by atoms with E-state index in [-0.39, 0.29) is 43.1 Å². The lowest BCUT2D eigenvalue weighted by Crippen LogP contribution is -2.53. The molecular formula is C25H29ClN4O4S2. The number of carbonyl (C=O) groups excluding carboxylic acids is 2. The van der Waals surface area contributed by atoms with Gasteiger partial charge in [0.1, 0.15) is 0 Å². The first-order chi connectivity index (χ1) is 16.8. The number of aromatic amines is 1. The summed E-state index contributed by atoms with van der Waals surface area (Å²) < 4.78 is 25.7. The number of nitrogens with one attached hydrogen (secondary N) is 3. The zero-order valence-electron chi connectivity index (χ0n) is 19.6. The van der Waals surface area contributed by atoms with E-state index in [2.05, 4.69) is 15.6 Å². The maximum atomic E-state index is 13.0. The van der Waals surface area contributed by atoms with Crippen LogP contribution in [0, 0.1) is 0 Å². The fourth-order valence-corrected chi connectivity index (χ4v) is 6.70. The number of hydrogen-bond acceptors (Lipinski definition) is 4. The second-order valence-electron chi connectivity index (χ2n) is 9.13. The van der Waals surface area contributed by atoms with Gasteiger partial charge in [-0.2, -0.15) is 13.5 Å². The second-order valence-corrected chi connectivity index (χ2v) is 11.5. The normalized spacial score (nSPS) is 21.1. The van der Waals surface area contributed by atoms with Crippen LogP contribution >= 0.6 is 25.1 Å². The number of benzene rings is 2. The molecule has 2 aliphatic rings. The largest absolute Gasteiger partial charge is 0.360 e. The number of anilines is 1. The smallest absolute Gasteiger partial charge is 0.251 e. The molecule has 1 aromatic heterocycles. The molecule has 2 aromatic carbocycles. The van der Waals surface area contributed by atoms with E-state index >= 15 is 0 Å². The summed E-state index contributed by atoms with van der Waals surface area (Å²) in [4.78, 5) is 29.0. The number of carbonyl (C=O) groups is 2. The Labute approximate surface area is 222 Å². The molecule has 0 spiro atoms. The molecule has 1 aliphatic heterocycles. The highest BCUT2D eigenvalue weighted by molar-refractivity contribution is 7.93. The maximum Gasteiger partial charge on any atom is 0.251 e. The van der Waals surface area contributed by atoms with Gasteiger partial charge >= 0.3 is 0 Å². The van der Waals surface area contributed by atoms with Crippen molar-refractivity contribution in [1.29, 1.82) is 0 Å². The molecule has 192 valence electrons. The first-order valence-electron chi connectivity index (χ1n) is 11.8. The molecule has 2 amide bonds. The Balaban J connectivity index is 0.00000304. The van der Waals surface area contributed by atoms with Crippen LogP contribution in [-0.4, -0.2) is 49.6 Å². The SMILES string of the molecule is O=C(NC1CCCC[C@H]1NC(=O)c1ccc2c(Cl)c[nH]c2c1)c1ccc(N2CCCS2(=O)=O)cc1.S. The number of halogens is 1. The molecule has 0 radical (unpaired) electrons. The number of sulfonamides is 1. The lowest BCUT2D eigenvalue weighted by molar-refractivity contribution is 0.0863. The lowest BCUT2D eigenvalue weighted by Gasteiger charge is -2.33. The van der Waals surface area contributed by atoms with Gasteiger partial charge in [-0.15, -0.1) is 0 Å². The molecule has 3 N–H and O–H groups in total. The third-order valence-corrected chi connectivity index (χ3v) is 8.99. The van der Waals surface area contributed by atoms with Crippen molar-refractivity contribution >= 4 is 63.5 Å². The van der Waals surface area contributed by atoms with Crippen LogP contribution in [0.4, 0.5) is 5.69 Å². The molecule has 2 atom stereocenters. The summed E-state index contributed by atoms with van der Waals surface area (Å²) in [6.07, 6.45) is 5.78. The van der Waals surface area contributed by atoms with Gasteiger partial charge in [0.25, 0.3) is 11.8 Å². The highest BCUT2D eigenvalue weighted by Crippen LogP contribution is 2.26. The molecule has 5 rings (SSSR count). The van der Waals surface area contributed by atoms with E-state index in [4.69, 9.17) is 11.6 Å². The zero-order valence-corrected chi connectivity index (χ0v) is 22.2. The molecule has 3 aromatic rings. The maximum absolute atomic E-state index is 13.0. The zero-order chi connectivity index (χ0) is 24.6. The van der Waals surface area contributed by atoms with E-state index < -0.39 is 10.0 Å². The first-order valence-corrected chi connectivity index (χ1v) is 13.8. The molecule has 1 saturated heterocycles. The molecule has 1 unspecified atom stereocenters. The van der Waals surface area contributed by atoms with Gasteiger partial charge in [0, 0.05) is 46.9 Å². The molecule has 2 fully saturated rings. The van der Waals surface area contributed by atoms with Crippen LogP contribution in [0.1, 0.15) is 52.8 Å². The van der Waals surface area contributed by atoms with Gasteiger partial charge in [0.05, 0.1) is 16.5 Å². The highest BCUT2D eigenvalue weighted by atomic mass is 35.5. The monoisotopic (exact) mass is 548 g/mol. The van der Waals surface area contributed by atoms with E-state index in [1.54, 1.807) is 42.6 Å². The Morgan fingerprint density at radius 1 is 0.917 bits per heavy atom. The average Bonchev–Trinajstić information content (AvgIpc) is 3.41. The van der Waals surface area contributed by atoms with Crippen LogP contribution in [0.2, 0.25) is 5.02 Å². The summed E-state index contributed by atoms with van der Waals surface area (Å²) in [7, 11) is -3.26. The third kappa shape index (κ3) is 5.35. The molecule has 8 nitrogen and oxygen atoms in total. The van der Waals surface area contributed by atoms with Gasteiger partial charge in [-0.1, -0.05) is 30.5 Å². The minimum Gasteiger partial charge on any atom is -0.360 e. The molecule has 1 saturated carbocycles. The van der Waals surface area contributed by atoms with Crippen molar-refractivity contribution in [1.82, 2.24) is 15.6 Å². The number of aromatic nitrogens is 1. The molecule has 2 heterocycles. The number of fused-ring (bicyclic) bond motifs is 1. The van der Waals surface area contributed by atoms with Crippen molar-refractivity contribution in [3.63, 3.8) is 0 Å². The molecule has 11 heteroatoms. The van der Waals surface area contributed by atoms with Gasteiger partial charge in [-0.05, 0) is 55.7 Å². The molecule has 1 aliphatic carbocycles. The van der Waals surface area contributed by atoms with Gasteiger partial charge in [0.15, 0.2) is 0 Å². The van der Waals surface area contributed by atoms with E-state index in [0.29, 0.717) is 34.8 Å². The van der Waals surface area contributed by atoms with Crippen molar-refractivity contribution in [3.8, 4) is 0 Å². The minimum absolute atomic E-state index is 0. The van der Waals surface area contributed by atoms with Crippen molar-refractivity contribution in [2.24, 2.45) is 0 Å². The third-order valence-electron chi connectivity index (χ3n) is 6.81. The average molecular weight is 549 g/mol. The van der Waals surface area contributed by atoms with Crippen LogP contribution in [0.15, 0.2) is 48.7 Å². The topological polar surface area (TPSA) is 111 Å². The Bertz CT molecular complexity index is 1370.